The van der Waals surface area contributed by atoms with Gasteiger partial charge in [0.1, 0.15) is 6.04 Å². The zero-order valence-electron chi connectivity index (χ0n) is 18.8. The predicted octanol–water partition coefficient (Wildman–Crippen LogP) is 4.11. The third kappa shape index (κ3) is 6.76. The van der Waals surface area contributed by atoms with E-state index in [-0.39, 0.29) is 48.6 Å². The van der Waals surface area contributed by atoms with Crippen LogP contribution in [0.25, 0.3) is 0 Å². The van der Waals surface area contributed by atoms with Crippen LogP contribution in [0.2, 0.25) is 0 Å². The summed E-state index contributed by atoms with van der Waals surface area (Å²) in [6.45, 7) is 4.02. The zero-order valence-corrected chi connectivity index (χ0v) is 19.6. The topological polar surface area (TPSA) is 91.4 Å². The Morgan fingerprint density at radius 3 is 2.35 bits per heavy atom. The van der Waals surface area contributed by atoms with Crippen molar-refractivity contribution in [2.45, 2.75) is 103 Å². The van der Waals surface area contributed by atoms with E-state index in [0.29, 0.717) is 5.13 Å². The molecule has 1 aromatic heterocycles. The van der Waals surface area contributed by atoms with Gasteiger partial charge >= 0.3 is 0 Å². The number of thiazole rings is 1. The normalized spacial score (nSPS) is 18.7. The molecule has 2 fully saturated rings. The standard InChI is InChI=1S/C23H36N4O3S/c1-16(2)21(22(30)25-17-8-6-7-9-17)27(18-10-4-3-5-11-18)20(29)13-12-19(28)26-23-24-14-15-31-23/h14-18,21H,3-13H2,1-2H3,(H,25,30)(H,24,26,28). The number of aromatic nitrogens is 1. The maximum atomic E-state index is 13.4. The van der Waals surface area contributed by atoms with Crippen molar-refractivity contribution in [3.63, 3.8) is 0 Å². The van der Waals surface area contributed by atoms with E-state index in [0.717, 1.165) is 51.4 Å². The molecule has 8 heteroatoms. The summed E-state index contributed by atoms with van der Waals surface area (Å²) in [7, 11) is 0. The fourth-order valence-electron chi connectivity index (χ4n) is 4.87. The minimum atomic E-state index is -0.488. The van der Waals surface area contributed by atoms with E-state index in [1.54, 1.807) is 11.6 Å². The number of nitrogens with zero attached hydrogens (tertiary/aromatic N) is 2. The van der Waals surface area contributed by atoms with E-state index in [9.17, 15) is 14.4 Å². The minimum Gasteiger partial charge on any atom is -0.352 e. The van der Waals surface area contributed by atoms with Crippen molar-refractivity contribution < 1.29 is 14.4 Å². The van der Waals surface area contributed by atoms with Gasteiger partial charge in [-0.2, -0.15) is 0 Å². The first-order valence-electron chi connectivity index (χ1n) is 11.8. The molecule has 0 spiro atoms. The summed E-state index contributed by atoms with van der Waals surface area (Å²) in [6.07, 6.45) is 11.4. The Morgan fingerprint density at radius 1 is 1.06 bits per heavy atom. The molecule has 0 bridgehead atoms. The number of amides is 3. The quantitative estimate of drug-likeness (QED) is 0.595. The highest BCUT2D eigenvalue weighted by Gasteiger charge is 2.38. The molecular weight excluding hydrogens is 412 g/mol. The second-order valence-corrected chi connectivity index (χ2v) is 10.1. The second kappa shape index (κ2) is 11.6. The Morgan fingerprint density at radius 2 is 1.74 bits per heavy atom. The Balaban J connectivity index is 1.69. The average Bonchev–Trinajstić information content (AvgIpc) is 3.44. The van der Waals surface area contributed by atoms with Gasteiger partial charge < -0.3 is 15.5 Å². The monoisotopic (exact) mass is 448 g/mol. The summed E-state index contributed by atoms with van der Waals surface area (Å²) in [4.78, 5) is 44.9. The molecule has 0 radical (unpaired) electrons. The number of hydrogen-bond donors (Lipinski definition) is 2. The average molecular weight is 449 g/mol. The summed E-state index contributed by atoms with van der Waals surface area (Å²) in [5.74, 6) is -0.339. The predicted molar refractivity (Wildman–Crippen MR) is 123 cm³/mol. The lowest BCUT2D eigenvalue weighted by Crippen LogP contribution is -2.57. The van der Waals surface area contributed by atoms with Crippen LogP contribution in [0.5, 0.6) is 0 Å². The maximum Gasteiger partial charge on any atom is 0.243 e. The van der Waals surface area contributed by atoms with Gasteiger partial charge in [-0.1, -0.05) is 46.0 Å². The second-order valence-electron chi connectivity index (χ2n) is 9.16. The summed E-state index contributed by atoms with van der Waals surface area (Å²) in [5, 5.41) is 8.28. The van der Waals surface area contributed by atoms with E-state index in [4.69, 9.17) is 0 Å². The van der Waals surface area contributed by atoms with E-state index in [2.05, 4.69) is 15.6 Å². The van der Waals surface area contributed by atoms with Crippen molar-refractivity contribution in [1.29, 1.82) is 0 Å². The van der Waals surface area contributed by atoms with E-state index < -0.39 is 6.04 Å². The van der Waals surface area contributed by atoms with Crippen LogP contribution >= 0.6 is 11.3 Å². The number of hydrogen-bond acceptors (Lipinski definition) is 5. The first-order valence-corrected chi connectivity index (χ1v) is 12.6. The van der Waals surface area contributed by atoms with Crippen molar-refractivity contribution in [1.82, 2.24) is 15.2 Å². The lowest BCUT2D eigenvalue weighted by Gasteiger charge is -2.41. The molecule has 0 aliphatic heterocycles. The fourth-order valence-corrected chi connectivity index (χ4v) is 5.41. The van der Waals surface area contributed by atoms with Gasteiger partial charge in [-0.3, -0.25) is 14.4 Å². The van der Waals surface area contributed by atoms with Gasteiger partial charge in [0.15, 0.2) is 5.13 Å². The third-order valence-electron chi connectivity index (χ3n) is 6.40. The molecule has 1 unspecified atom stereocenters. The van der Waals surface area contributed by atoms with Crippen LogP contribution in [0.1, 0.15) is 84.5 Å². The maximum absolute atomic E-state index is 13.4. The van der Waals surface area contributed by atoms with Gasteiger partial charge in [-0.05, 0) is 31.6 Å². The molecule has 2 aliphatic rings. The van der Waals surface area contributed by atoms with Crippen LogP contribution in [0, 0.1) is 5.92 Å². The molecule has 1 heterocycles. The van der Waals surface area contributed by atoms with Gasteiger partial charge in [-0.15, -0.1) is 11.3 Å². The highest BCUT2D eigenvalue weighted by molar-refractivity contribution is 7.13. The lowest BCUT2D eigenvalue weighted by molar-refractivity contribution is -0.146. The molecular formula is C23H36N4O3S. The SMILES string of the molecule is CC(C)C(C(=O)NC1CCCC1)N(C(=O)CCC(=O)Nc1nccs1)C1CCCCC1. The van der Waals surface area contributed by atoms with E-state index >= 15 is 0 Å². The third-order valence-corrected chi connectivity index (χ3v) is 7.09. The highest BCUT2D eigenvalue weighted by Crippen LogP contribution is 2.28. The molecule has 7 nitrogen and oxygen atoms in total. The van der Waals surface area contributed by atoms with Gasteiger partial charge in [0, 0.05) is 36.5 Å². The number of anilines is 1. The van der Waals surface area contributed by atoms with Crippen LogP contribution in [-0.2, 0) is 14.4 Å². The van der Waals surface area contributed by atoms with Crippen molar-refractivity contribution in [2.75, 3.05) is 5.32 Å². The lowest BCUT2D eigenvalue weighted by atomic mass is 9.90. The molecule has 1 atom stereocenters. The van der Waals surface area contributed by atoms with Crippen molar-refractivity contribution >= 4 is 34.2 Å². The fraction of sp³-hybridized carbons (Fsp3) is 0.739. The van der Waals surface area contributed by atoms with Crippen LogP contribution < -0.4 is 10.6 Å². The summed E-state index contributed by atoms with van der Waals surface area (Å²) in [5.41, 5.74) is 0. The van der Waals surface area contributed by atoms with Crippen molar-refractivity contribution in [2.24, 2.45) is 5.92 Å². The molecule has 2 N–H and O–H groups in total. The Kier molecular flexibility index (Phi) is 8.87. The van der Waals surface area contributed by atoms with Crippen molar-refractivity contribution in [3.8, 4) is 0 Å². The van der Waals surface area contributed by atoms with Crippen molar-refractivity contribution in [3.05, 3.63) is 11.6 Å². The molecule has 0 aromatic carbocycles. The summed E-state index contributed by atoms with van der Waals surface area (Å²) < 4.78 is 0. The number of carbonyl (C=O) groups excluding carboxylic acids is 3. The molecule has 3 rings (SSSR count). The first kappa shape index (κ1) is 23.7. The number of rotatable bonds is 9. The minimum absolute atomic E-state index is 0.0106. The van der Waals surface area contributed by atoms with Gasteiger partial charge in [0.05, 0.1) is 0 Å². The van der Waals surface area contributed by atoms with Crippen LogP contribution in [0.4, 0.5) is 5.13 Å². The number of nitrogens with one attached hydrogen (secondary N) is 2. The van der Waals surface area contributed by atoms with Crippen LogP contribution in [0.15, 0.2) is 11.6 Å². The Bertz CT molecular complexity index is 725. The molecule has 172 valence electrons. The van der Waals surface area contributed by atoms with Gasteiger partial charge in [0.25, 0.3) is 0 Å². The molecule has 31 heavy (non-hydrogen) atoms. The highest BCUT2D eigenvalue weighted by atomic mass is 32.1. The zero-order chi connectivity index (χ0) is 22.2. The summed E-state index contributed by atoms with van der Waals surface area (Å²) >= 11 is 1.35. The number of carbonyl (C=O) groups is 3. The molecule has 3 amide bonds. The van der Waals surface area contributed by atoms with E-state index in [1.807, 2.05) is 18.7 Å². The largest absolute Gasteiger partial charge is 0.352 e. The van der Waals surface area contributed by atoms with Gasteiger partial charge in [0.2, 0.25) is 17.7 Å². The van der Waals surface area contributed by atoms with Gasteiger partial charge in [-0.25, -0.2) is 4.98 Å². The Labute approximate surface area is 189 Å². The molecule has 2 aliphatic carbocycles. The van der Waals surface area contributed by atoms with Crippen LogP contribution in [0.3, 0.4) is 0 Å². The molecule has 1 aromatic rings. The smallest absolute Gasteiger partial charge is 0.243 e. The van der Waals surface area contributed by atoms with E-state index in [1.165, 1.54) is 17.8 Å². The first-order chi connectivity index (χ1) is 15.0. The molecule has 0 saturated heterocycles. The molecule has 2 saturated carbocycles. The summed E-state index contributed by atoms with van der Waals surface area (Å²) in [6, 6.07) is -0.190. The Hall–Kier alpha value is -1.96. The van der Waals surface area contributed by atoms with Crippen LogP contribution in [-0.4, -0.2) is 45.7 Å².